The van der Waals surface area contributed by atoms with Crippen molar-refractivity contribution < 1.29 is 19.0 Å². The van der Waals surface area contributed by atoms with Gasteiger partial charge in [0.25, 0.3) is 0 Å². The Bertz CT molecular complexity index is 806. The van der Waals surface area contributed by atoms with Crippen molar-refractivity contribution >= 4 is 11.7 Å². The van der Waals surface area contributed by atoms with Gasteiger partial charge in [0.15, 0.2) is 11.5 Å². The highest BCUT2D eigenvalue weighted by Gasteiger charge is 2.24. The number of rotatable bonds is 9. The molecule has 0 aliphatic carbocycles. The van der Waals surface area contributed by atoms with Crippen molar-refractivity contribution in [2.75, 3.05) is 38.2 Å². The van der Waals surface area contributed by atoms with Crippen LogP contribution < -0.4 is 19.5 Å². The smallest absolute Gasteiger partial charge is 0.321 e. The first-order valence-electron chi connectivity index (χ1n) is 11.3. The van der Waals surface area contributed by atoms with Gasteiger partial charge in [-0.15, -0.1) is 0 Å². The van der Waals surface area contributed by atoms with Crippen molar-refractivity contribution in [1.82, 2.24) is 4.90 Å². The van der Waals surface area contributed by atoms with Gasteiger partial charge in [-0.05, 0) is 51.5 Å². The molecule has 0 saturated carbocycles. The molecule has 2 aromatic rings. The van der Waals surface area contributed by atoms with Gasteiger partial charge >= 0.3 is 6.03 Å². The zero-order valence-electron chi connectivity index (χ0n) is 18.9. The first-order valence-corrected chi connectivity index (χ1v) is 11.3. The largest absolute Gasteiger partial charge is 0.490 e. The quantitative estimate of drug-likeness (QED) is 0.586. The van der Waals surface area contributed by atoms with Crippen LogP contribution >= 0.6 is 0 Å². The SMILES string of the molecule is CCOc1cc(NC(=O)N2CCC(Cc3ccccc3)CC2)cc(OCC)c1OCC. The Balaban J connectivity index is 1.63. The number of ether oxygens (including phenoxy) is 3. The summed E-state index contributed by atoms with van der Waals surface area (Å²) in [6.45, 7) is 8.78. The Morgan fingerprint density at radius 1 is 0.935 bits per heavy atom. The molecule has 1 fully saturated rings. The number of nitrogens with zero attached hydrogens (tertiary/aromatic N) is 1. The Kier molecular flexibility index (Phi) is 8.44. The van der Waals surface area contributed by atoms with Crippen LogP contribution in [-0.4, -0.2) is 43.8 Å². The highest BCUT2D eigenvalue weighted by molar-refractivity contribution is 5.90. The normalized spacial score (nSPS) is 14.2. The lowest BCUT2D eigenvalue weighted by atomic mass is 9.90. The van der Waals surface area contributed by atoms with Crippen molar-refractivity contribution in [3.8, 4) is 17.2 Å². The van der Waals surface area contributed by atoms with E-state index in [0.717, 1.165) is 32.4 Å². The monoisotopic (exact) mass is 426 g/mol. The molecule has 3 rings (SSSR count). The van der Waals surface area contributed by atoms with Gasteiger partial charge in [-0.1, -0.05) is 30.3 Å². The lowest BCUT2D eigenvalue weighted by Crippen LogP contribution is -2.41. The standard InChI is InChI=1S/C25H34N2O4/c1-4-29-22-17-21(18-23(30-5-2)24(22)31-6-3)26-25(28)27-14-12-20(13-15-27)16-19-10-8-7-9-11-19/h7-11,17-18,20H,4-6,12-16H2,1-3H3,(H,26,28). The molecule has 0 radical (unpaired) electrons. The number of anilines is 1. The summed E-state index contributed by atoms with van der Waals surface area (Å²) in [4.78, 5) is 14.8. The average Bonchev–Trinajstić information content (AvgIpc) is 2.77. The fourth-order valence-electron chi connectivity index (χ4n) is 3.95. The van der Waals surface area contributed by atoms with E-state index in [1.165, 1.54) is 5.56 Å². The second kappa shape index (κ2) is 11.5. The van der Waals surface area contributed by atoms with Crippen LogP contribution in [0.4, 0.5) is 10.5 Å². The molecule has 2 aromatic carbocycles. The van der Waals surface area contributed by atoms with Crippen molar-refractivity contribution in [3.05, 3.63) is 48.0 Å². The molecule has 0 unspecified atom stereocenters. The predicted molar refractivity (Wildman–Crippen MR) is 123 cm³/mol. The van der Waals surface area contributed by atoms with Crippen molar-refractivity contribution in [3.63, 3.8) is 0 Å². The Morgan fingerprint density at radius 3 is 2.06 bits per heavy atom. The molecule has 0 bridgehead atoms. The zero-order chi connectivity index (χ0) is 22.1. The highest BCUT2D eigenvalue weighted by Crippen LogP contribution is 2.41. The van der Waals surface area contributed by atoms with Crippen LogP contribution in [0.5, 0.6) is 17.2 Å². The minimum Gasteiger partial charge on any atom is -0.490 e. The maximum absolute atomic E-state index is 12.9. The number of nitrogens with one attached hydrogen (secondary N) is 1. The number of likely N-dealkylation sites (tertiary alicyclic amines) is 1. The van der Waals surface area contributed by atoms with Crippen LogP contribution in [0.3, 0.4) is 0 Å². The third-order valence-electron chi connectivity index (χ3n) is 5.43. The fourth-order valence-corrected chi connectivity index (χ4v) is 3.95. The Hall–Kier alpha value is -2.89. The second-order valence-electron chi connectivity index (χ2n) is 7.65. The molecule has 1 heterocycles. The fraction of sp³-hybridized carbons (Fsp3) is 0.480. The number of hydrogen-bond donors (Lipinski definition) is 1. The van der Waals surface area contributed by atoms with Gasteiger partial charge in [-0.3, -0.25) is 0 Å². The molecule has 0 aromatic heterocycles. The predicted octanol–water partition coefficient (Wildman–Crippen LogP) is 5.37. The molecule has 0 atom stereocenters. The average molecular weight is 427 g/mol. The first kappa shape index (κ1) is 22.8. The third-order valence-corrected chi connectivity index (χ3v) is 5.43. The number of amides is 2. The van der Waals surface area contributed by atoms with Gasteiger partial charge in [0.1, 0.15) is 0 Å². The van der Waals surface area contributed by atoms with E-state index in [1.807, 2.05) is 31.7 Å². The summed E-state index contributed by atoms with van der Waals surface area (Å²) in [6, 6.07) is 14.1. The highest BCUT2D eigenvalue weighted by atomic mass is 16.5. The van der Waals surface area contributed by atoms with Gasteiger partial charge in [0.05, 0.1) is 25.5 Å². The van der Waals surface area contributed by atoms with E-state index < -0.39 is 0 Å². The number of benzene rings is 2. The Labute approximate surface area is 185 Å². The number of carbonyl (C=O) groups excluding carboxylic acids is 1. The van der Waals surface area contributed by atoms with Gasteiger partial charge in [-0.25, -0.2) is 4.79 Å². The molecule has 6 heteroatoms. The van der Waals surface area contributed by atoms with E-state index in [0.29, 0.717) is 48.7 Å². The lowest BCUT2D eigenvalue weighted by molar-refractivity contribution is 0.182. The minimum atomic E-state index is -0.0905. The lowest BCUT2D eigenvalue weighted by Gasteiger charge is -2.32. The zero-order valence-corrected chi connectivity index (χ0v) is 18.9. The summed E-state index contributed by atoms with van der Waals surface area (Å²) in [7, 11) is 0. The molecule has 0 spiro atoms. The van der Waals surface area contributed by atoms with Crippen LogP contribution in [-0.2, 0) is 6.42 Å². The summed E-state index contributed by atoms with van der Waals surface area (Å²) in [5.74, 6) is 2.34. The van der Waals surface area contributed by atoms with Gasteiger partial charge in [-0.2, -0.15) is 0 Å². The molecule has 1 aliphatic rings. The third kappa shape index (κ3) is 6.29. The van der Waals surface area contributed by atoms with E-state index in [9.17, 15) is 4.79 Å². The van der Waals surface area contributed by atoms with Crippen LogP contribution in [0.25, 0.3) is 0 Å². The number of carbonyl (C=O) groups is 1. The second-order valence-corrected chi connectivity index (χ2v) is 7.65. The number of urea groups is 1. The van der Waals surface area contributed by atoms with E-state index >= 15 is 0 Å². The Morgan fingerprint density at radius 2 is 1.52 bits per heavy atom. The minimum absolute atomic E-state index is 0.0905. The molecular formula is C25H34N2O4. The number of piperidine rings is 1. The molecule has 168 valence electrons. The van der Waals surface area contributed by atoms with E-state index in [-0.39, 0.29) is 6.03 Å². The summed E-state index contributed by atoms with van der Waals surface area (Å²) < 4.78 is 17.2. The topological polar surface area (TPSA) is 60.0 Å². The summed E-state index contributed by atoms with van der Waals surface area (Å²) >= 11 is 0. The molecule has 31 heavy (non-hydrogen) atoms. The van der Waals surface area contributed by atoms with Crippen molar-refractivity contribution in [2.45, 2.75) is 40.0 Å². The molecule has 6 nitrogen and oxygen atoms in total. The van der Waals surface area contributed by atoms with E-state index in [4.69, 9.17) is 14.2 Å². The molecule has 1 aliphatic heterocycles. The summed E-state index contributed by atoms with van der Waals surface area (Å²) in [6.07, 6.45) is 3.10. The van der Waals surface area contributed by atoms with Crippen LogP contribution in [0.1, 0.15) is 39.2 Å². The molecular weight excluding hydrogens is 392 g/mol. The maximum atomic E-state index is 12.9. The molecule has 1 saturated heterocycles. The van der Waals surface area contributed by atoms with E-state index in [2.05, 4.69) is 29.6 Å². The summed E-state index contributed by atoms with van der Waals surface area (Å²) in [5, 5.41) is 3.01. The van der Waals surface area contributed by atoms with E-state index in [1.54, 1.807) is 12.1 Å². The van der Waals surface area contributed by atoms with Crippen molar-refractivity contribution in [2.24, 2.45) is 5.92 Å². The van der Waals surface area contributed by atoms with Gasteiger partial charge < -0.3 is 24.4 Å². The van der Waals surface area contributed by atoms with Crippen LogP contribution in [0.15, 0.2) is 42.5 Å². The first-order chi connectivity index (χ1) is 15.1. The van der Waals surface area contributed by atoms with Crippen molar-refractivity contribution in [1.29, 1.82) is 0 Å². The molecule has 1 N–H and O–H groups in total. The molecule has 2 amide bonds. The number of hydrogen-bond acceptors (Lipinski definition) is 4. The van der Waals surface area contributed by atoms with Gasteiger partial charge in [0.2, 0.25) is 5.75 Å². The summed E-state index contributed by atoms with van der Waals surface area (Å²) in [5.41, 5.74) is 2.01. The van der Waals surface area contributed by atoms with Crippen LogP contribution in [0, 0.1) is 5.92 Å². The van der Waals surface area contributed by atoms with Crippen LogP contribution in [0.2, 0.25) is 0 Å². The maximum Gasteiger partial charge on any atom is 0.321 e. The van der Waals surface area contributed by atoms with Gasteiger partial charge in [0, 0.05) is 25.2 Å².